The minimum absolute atomic E-state index is 0.137. The third-order valence-electron chi connectivity index (χ3n) is 2.44. The molecule has 4 N–H and O–H groups in total. The topological polar surface area (TPSA) is 83.8 Å². The van der Waals surface area contributed by atoms with E-state index in [2.05, 4.69) is 15.5 Å². The van der Waals surface area contributed by atoms with Crippen LogP contribution in [0.3, 0.4) is 0 Å². The second kappa shape index (κ2) is 7.42. The highest BCUT2D eigenvalue weighted by molar-refractivity contribution is 8.76. The van der Waals surface area contributed by atoms with Crippen molar-refractivity contribution in [3.8, 4) is 0 Å². The fourth-order valence-electron chi connectivity index (χ4n) is 1.59. The molecule has 102 valence electrons. The molecule has 1 aromatic heterocycles. The van der Waals surface area contributed by atoms with Crippen LogP contribution in [-0.4, -0.2) is 40.7 Å². The largest absolute Gasteiger partial charge is 0.350 e. The number of aromatic amines is 1. The summed E-state index contributed by atoms with van der Waals surface area (Å²) in [5.74, 6) is 1.66. The van der Waals surface area contributed by atoms with Gasteiger partial charge in [0.05, 0.1) is 5.52 Å². The zero-order valence-electron chi connectivity index (χ0n) is 10.4. The summed E-state index contributed by atoms with van der Waals surface area (Å²) in [6.07, 6.45) is 0. The second-order valence-electron chi connectivity index (χ2n) is 3.81. The minimum atomic E-state index is -0.137. The average molecular weight is 296 g/mol. The summed E-state index contributed by atoms with van der Waals surface area (Å²) in [6, 6.07) is 7.60. The Kier molecular flexibility index (Phi) is 5.56. The summed E-state index contributed by atoms with van der Waals surface area (Å²) in [5, 5.41) is 10.6. The monoisotopic (exact) mass is 296 g/mol. The maximum absolute atomic E-state index is 12.0. The lowest BCUT2D eigenvalue weighted by molar-refractivity contribution is 0.0953. The van der Waals surface area contributed by atoms with Gasteiger partial charge >= 0.3 is 0 Å². The SMILES string of the molecule is NCCSSCCNC(=O)c1n[nH]c2ccccc12. The lowest BCUT2D eigenvalue weighted by Gasteiger charge is -2.02. The van der Waals surface area contributed by atoms with Gasteiger partial charge in [-0.2, -0.15) is 5.10 Å². The number of benzene rings is 1. The van der Waals surface area contributed by atoms with E-state index in [-0.39, 0.29) is 5.91 Å². The Bertz CT molecular complexity index is 543. The first-order valence-electron chi connectivity index (χ1n) is 5.98. The number of para-hydroxylation sites is 1. The molecule has 0 spiro atoms. The van der Waals surface area contributed by atoms with Gasteiger partial charge in [0.15, 0.2) is 5.69 Å². The normalized spacial score (nSPS) is 10.8. The Labute approximate surface area is 119 Å². The zero-order chi connectivity index (χ0) is 13.5. The van der Waals surface area contributed by atoms with Gasteiger partial charge in [-0.25, -0.2) is 0 Å². The fraction of sp³-hybridized carbons (Fsp3) is 0.333. The maximum atomic E-state index is 12.0. The summed E-state index contributed by atoms with van der Waals surface area (Å²) in [7, 11) is 3.44. The number of amides is 1. The van der Waals surface area contributed by atoms with Crippen LogP contribution >= 0.6 is 21.6 Å². The number of carbonyl (C=O) groups is 1. The first kappa shape index (κ1) is 14.2. The van der Waals surface area contributed by atoms with Crippen LogP contribution in [0.2, 0.25) is 0 Å². The number of nitrogens with zero attached hydrogens (tertiary/aromatic N) is 1. The third-order valence-corrected chi connectivity index (χ3v) is 4.88. The van der Waals surface area contributed by atoms with E-state index in [1.807, 2.05) is 24.3 Å². The van der Waals surface area contributed by atoms with Crippen molar-refractivity contribution in [1.29, 1.82) is 0 Å². The molecule has 19 heavy (non-hydrogen) atoms. The van der Waals surface area contributed by atoms with Gasteiger partial charge in [-0.3, -0.25) is 9.89 Å². The van der Waals surface area contributed by atoms with Gasteiger partial charge in [0.2, 0.25) is 0 Å². The maximum Gasteiger partial charge on any atom is 0.272 e. The van der Waals surface area contributed by atoms with E-state index in [0.717, 1.165) is 22.4 Å². The fourth-order valence-corrected chi connectivity index (χ4v) is 3.36. The quantitative estimate of drug-likeness (QED) is 0.534. The zero-order valence-corrected chi connectivity index (χ0v) is 12.0. The van der Waals surface area contributed by atoms with Crippen LogP contribution in [0.1, 0.15) is 10.5 Å². The van der Waals surface area contributed by atoms with Crippen molar-refractivity contribution in [3.05, 3.63) is 30.0 Å². The lowest BCUT2D eigenvalue weighted by Crippen LogP contribution is -2.26. The second-order valence-corrected chi connectivity index (χ2v) is 6.51. The van der Waals surface area contributed by atoms with Crippen molar-refractivity contribution in [2.75, 3.05) is 24.6 Å². The molecule has 0 aliphatic heterocycles. The molecular formula is C12H16N4OS2. The minimum Gasteiger partial charge on any atom is -0.350 e. The van der Waals surface area contributed by atoms with Crippen LogP contribution < -0.4 is 11.1 Å². The third kappa shape index (κ3) is 3.89. The molecule has 1 heterocycles. The summed E-state index contributed by atoms with van der Waals surface area (Å²) in [6.45, 7) is 1.31. The Morgan fingerprint density at radius 1 is 1.32 bits per heavy atom. The van der Waals surface area contributed by atoms with Gasteiger partial charge in [-0.1, -0.05) is 39.8 Å². The molecule has 5 nitrogen and oxygen atoms in total. The predicted molar refractivity (Wildman–Crippen MR) is 82.4 cm³/mol. The molecule has 2 rings (SSSR count). The molecule has 0 unspecified atom stereocenters. The smallest absolute Gasteiger partial charge is 0.272 e. The molecule has 0 saturated carbocycles. The molecule has 0 fully saturated rings. The number of hydrogen-bond acceptors (Lipinski definition) is 5. The van der Waals surface area contributed by atoms with E-state index in [0.29, 0.717) is 18.8 Å². The highest BCUT2D eigenvalue weighted by Crippen LogP contribution is 2.19. The number of H-pyrrole nitrogens is 1. The number of aromatic nitrogens is 2. The van der Waals surface area contributed by atoms with Crippen LogP contribution in [0, 0.1) is 0 Å². The number of fused-ring (bicyclic) bond motifs is 1. The van der Waals surface area contributed by atoms with E-state index in [1.165, 1.54) is 0 Å². The number of nitrogens with one attached hydrogen (secondary N) is 2. The summed E-state index contributed by atoms with van der Waals surface area (Å²) in [4.78, 5) is 12.0. The molecule has 0 saturated heterocycles. The molecule has 7 heteroatoms. The molecular weight excluding hydrogens is 280 g/mol. The standard InChI is InChI=1S/C12H16N4OS2/c13-5-7-18-19-8-6-14-12(17)11-9-3-1-2-4-10(9)15-16-11/h1-4H,5-8,13H2,(H,14,17)(H,15,16). The number of carbonyl (C=O) groups excluding carboxylic acids is 1. The first-order valence-corrected chi connectivity index (χ1v) is 8.47. The van der Waals surface area contributed by atoms with Gasteiger partial charge in [-0.15, -0.1) is 0 Å². The molecule has 1 aromatic carbocycles. The Morgan fingerprint density at radius 3 is 2.95 bits per heavy atom. The molecule has 0 atom stereocenters. The molecule has 0 bridgehead atoms. The number of rotatable bonds is 7. The van der Waals surface area contributed by atoms with Crippen LogP contribution in [0.5, 0.6) is 0 Å². The van der Waals surface area contributed by atoms with Gasteiger partial charge < -0.3 is 11.1 Å². The summed E-state index contributed by atoms with van der Waals surface area (Å²) in [5.41, 5.74) is 6.72. The van der Waals surface area contributed by atoms with Crippen molar-refractivity contribution in [2.24, 2.45) is 5.73 Å². The molecule has 0 radical (unpaired) electrons. The lowest BCUT2D eigenvalue weighted by atomic mass is 10.2. The highest BCUT2D eigenvalue weighted by atomic mass is 33.1. The Morgan fingerprint density at radius 2 is 2.11 bits per heavy atom. The van der Waals surface area contributed by atoms with Crippen LogP contribution in [0.15, 0.2) is 24.3 Å². The number of nitrogens with two attached hydrogens (primary N) is 1. The van der Waals surface area contributed by atoms with Crippen molar-refractivity contribution >= 4 is 38.4 Å². The summed E-state index contributed by atoms with van der Waals surface area (Å²) >= 11 is 0. The van der Waals surface area contributed by atoms with E-state index >= 15 is 0 Å². The van der Waals surface area contributed by atoms with Crippen LogP contribution in [0.4, 0.5) is 0 Å². The Hall–Kier alpha value is -1.18. The molecule has 0 aliphatic carbocycles. The predicted octanol–water partition coefficient (Wildman–Crippen LogP) is 1.63. The van der Waals surface area contributed by atoms with Gasteiger partial charge in [0, 0.05) is 30.0 Å². The molecule has 0 aliphatic rings. The van der Waals surface area contributed by atoms with Gasteiger partial charge in [-0.05, 0) is 6.07 Å². The van der Waals surface area contributed by atoms with Crippen molar-refractivity contribution in [2.45, 2.75) is 0 Å². The average Bonchev–Trinajstić information content (AvgIpc) is 2.86. The van der Waals surface area contributed by atoms with Crippen LogP contribution in [0.25, 0.3) is 10.9 Å². The molecule has 1 amide bonds. The van der Waals surface area contributed by atoms with Crippen molar-refractivity contribution < 1.29 is 4.79 Å². The van der Waals surface area contributed by atoms with E-state index in [4.69, 9.17) is 5.73 Å². The van der Waals surface area contributed by atoms with Crippen LogP contribution in [-0.2, 0) is 0 Å². The van der Waals surface area contributed by atoms with Crippen molar-refractivity contribution in [1.82, 2.24) is 15.5 Å². The first-order chi connectivity index (χ1) is 9.33. The highest BCUT2D eigenvalue weighted by Gasteiger charge is 2.12. The van der Waals surface area contributed by atoms with Gasteiger partial charge in [0.25, 0.3) is 5.91 Å². The van der Waals surface area contributed by atoms with E-state index in [1.54, 1.807) is 21.6 Å². The number of hydrogen-bond donors (Lipinski definition) is 3. The Balaban J connectivity index is 1.83. The van der Waals surface area contributed by atoms with E-state index < -0.39 is 0 Å². The van der Waals surface area contributed by atoms with E-state index in [9.17, 15) is 4.79 Å². The van der Waals surface area contributed by atoms with Crippen molar-refractivity contribution in [3.63, 3.8) is 0 Å². The van der Waals surface area contributed by atoms with Gasteiger partial charge in [0.1, 0.15) is 0 Å². The summed E-state index contributed by atoms with van der Waals surface area (Å²) < 4.78 is 0. The molecule has 2 aromatic rings.